The maximum absolute atomic E-state index is 11.9. The molecule has 1 aliphatic heterocycles. The van der Waals surface area contributed by atoms with Gasteiger partial charge in [0.05, 0.1) is 6.61 Å². The molecule has 0 saturated carbocycles. The monoisotopic (exact) mass is 463 g/mol. The van der Waals surface area contributed by atoms with Crippen molar-refractivity contribution in [1.82, 2.24) is 19.5 Å². The standard InChI is InChI=1S/C21H29N5O7/c1-10(2)6-7-15-25-16-19(24-11(3)28)22-9-23-20(16)26(15)21-18(32-13(5)30)17(31-12(4)29)14(8-27)33-21/h9-10,14,17-18,21,27H,6-8H2,1-5H3,(H,22,23,24,28)/t14-,17-,18-,21-/m1/s1. The molecule has 12 heteroatoms. The van der Waals surface area contributed by atoms with Gasteiger partial charge in [-0.15, -0.1) is 0 Å². The first-order valence-electron chi connectivity index (χ1n) is 10.7. The summed E-state index contributed by atoms with van der Waals surface area (Å²) in [5.74, 6) is -0.371. The molecule has 4 atom stereocenters. The predicted molar refractivity (Wildman–Crippen MR) is 115 cm³/mol. The Morgan fingerprint density at radius 3 is 2.39 bits per heavy atom. The van der Waals surface area contributed by atoms with E-state index in [1.165, 1.54) is 27.1 Å². The molecule has 1 amide bonds. The van der Waals surface area contributed by atoms with E-state index in [-0.39, 0.29) is 11.7 Å². The lowest BCUT2D eigenvalue weighted by Gasteiger charge is -2.24. The van der Waals surface area contributed by atoms with Crippen LogP contribution in [-0.2, 0) is 35.0 Å². The fourth-order valence-corrected chi connectivity index (χ4v) is 3.79. The number of aliphatic hydroxyl groups excluding tert-OH is 1. The van der Waals surface area contributed by atoms with Crippen LogP contribution in [-0.4, -0.2) is 67.4 Å². The Balaban J connectivity index is 2.17. The van der Waals surface area contributed by atoms with Gasteiger partial charge in [-0.1, -0.05) is 13.8 Å². The van der Waals surface area contributed by atoms with E-state index in [1.54, 1.807) is 4.57 Å². The average molecular weight is 463 g/mol. The minimum Gasteiger partial charge on any atom is -0.456 e. The Bertz CT molecular complexity index is 1040. The average Bonchev–Trinajstić information content (AvgIpc) is 3.24. The SMILES string of the molecule is CC(=O)Nc1ncnc2c1nc(CCC(C)C)n2[C@@H]1O[C@H](CO)[C@@H](OC(C)=O)[C@H]1OC(C)=O. The number of nitrogens with one attached hydrogen (secondary N) is 1. The first-order valence-corrected chi connectivity index (χ1v) is 10.7. The number of esters is 2. The van der Waals surface area contributed by atoms with Gasteiger partial charge in [-0.05, 0) is 12.3 Å². The molecule has 33 heavy (non-hydrogen) atoms. The van der Waals surface area contributed by atoms with Crippen molar-refractivity contribution in [3.05, 3.63) is 12.2 Å². The summed E-state index contributed by atoms with van der Waals surface area (Å²) in [7, 11) is 0. The lowest BCUT2D eigenvalue weighted by atomic mass is 10.1. The van der Waals surface area contributed by atoms with Crippen molar-refractivity contribution in [2.75, 3.05) is 11.9 Å². The number of aryl methyl sites for hydroxylation is 1. The summed E-state index contributed by atoms with van der Waals surface area (Å²) in [5, 5.41) is 12.5. The second-order valence-corrected chi connectivity index (χ2v) is 8.30. The van der Waals surface area contributed by atoms with Gasteiger partial charge in [-0.2, -0.15) is 0 Å². The zero-order valence-corrected chi connectivity index (χ0v) is 19.3. The zero-order chi connectivity index (χ0) is 24.3. The van der Waals surface area contributed by atoms with Crippen LogP contribution in [0.2, 0.25) is 0 Å². The normalized spacial score (nSPS) is 22.5. The molecule has 0 unspecified atom stereocenters. The van der Waals surface area contributed by atoms with Gasteiger partial charge < -0.3 is 24.6 Å². The van der Waals surface area contributed by atoms with Gasteiger partial charge >= 0.3 is 11.9 Å². The molecule has 12 nitrogen and oxygen atoms in total. The first kappa shape index (κ1) is 24.5. The third-order valence-corrected chi connectivity index (χ3v) is 5.11. The maximum atomic E-state index is 11.9. The van der Waals surface area contributed by atoms with Gasteiger partial charge in [0.25, 0.3) is 0 Å². The molecule has 0 radical (unpaired) electrons. The molecule has 0 bridgehead atoms. The number of rotatable bonds is 8. The van der Waals surface area contributed by atoms with Crippen LogP contribution in [0.4, 0.5) is 5.82 Å². The number of carbonyl (C=O) groups is 3. The number of nitrogens with zero attached hydrogens (tertiary/aromatic N) is 4. The fourth-order valence-electron chi connectivity index (χ4n) is 3.79. The number of hydrogen-bond acceptors (Lipinski definition) is 10. The van der Waals surface area contributed by atoms with E-state index in [0.29, 0.717) is 29.3 Å². The number of imidazole rings is 1. The molecule has 3 heterocycles. The summed E-state index contributed by atoms with van der Waals surface area (Å²) < 4.78 is 18.5. The van der Waals surface area contributed by atoms with Crippen LogP contribution >= 0.6 is 0 Å². The Morgan fingerprint density at radius 1 is 1.15 bits per heavy atom. The number of carbonyl (C=O) groups excluding carboxylic acids is 3. The smallest absolute Gasteiger partial charge is 0.303 e. The highest BCUT2D eigenvalue weighted by molar-refractivity contribution is 5.95. The number of ether oxygens (including phenoxy) is 3. The molecule has 2 aromatic heterocycles. The summed E-state index contributed by atoms with van der Waals surface area (Å²) in [6.45, 7) is 7.49. The number of anilines is 1. The fraction of sp³-hybridized carbons (Fsp3) is 0.619. The van der Waals surface area contributed by atoms with Crippen molar-refractivity contribution >= 4 is 34.8 Å². The van der Waals surface area contributed by atoms with Crippen LogP contribution in [0.5, 0.6) is 0 Å². The molecule has 1 fully saturated rings. The van der Waals surface area contributed by atoms with Crippen molar-refractivity contribution in [3.63, 3.8) is 0 Å². The van der Waals surface area contributed by atoms with E-state index >= 15 is 0 Å². The van der Waals surface area contributed by atoms with Crippen LogP contribution in [0.25, 0.3) is 11.2 Å². The second-order valence-electron chi connectivity index (χ2n) is 8.30. The largest absolute Gasteiger partial charge is 0.456 e. The highest BCUT2D eigenvalue weighted by Crippen LogP contribution is 2.37. The van der Waals surface area contributed by atoms with Crippen molar-refractivity contribution in [1.29, 1.82) is 0 Å². The Kier molecular flexibility index (Phi) is 7.59. The molecule has 3 rings (SSSR count). The minimum absolute atomic E-state index is 0.231. The van der Waals surface area contributed by atoms with Gasteiger partial charge in [0, 0.05) is 27.2 Å². The number of fused-ring (bicyclic) bond motifs is 1. The second kappa shape index (κ2) is 10.2. The van der Waals surface area contributed by atoms with Crippen molar-refractivity contribution in [3.8, 4) is 0 Å². The molecule has 0 aliphatic carbocycles. The van der Waals surface area contributed by atoms with Crippen LogP contribution < -0.4 is 5.32 Å². The van der Waals surface area contributed by atoms with Crippen molar-refractivity contribution < 1.29 is 33.7 Å². The van der Waals surface area contributed by atoms with Gasteiger partial charge in [0.15, 0.2) is 35.4 Å². The summed E-state index contributed by atoms with van der Waals surface area (Å²) in [5.41, 5.74) is 0.683. The molecule has 0 spiro atoms. The van der Waals surface area contributed by atoms with E-state index in [4.69, 9.17) is 14.2 Å². The van der Waals surface area contributed by atoms with Crippen molar-refractivity contribution in [2.24, 2.45) is 5.92 Å². The number of hydrogen-bond donors (Lipinski definition) is 2. The van der Waals surface area contributed by atoms with Crippen molar-refractivity contribution in [2.45, 2.75) is 72.0 Å². The van der Waals surface area contributed by atoms with Gasteiger partial charge in [0.2, 0.25) is 5.91 Å². The number of aromatic nitrogens is 4. The summed E-state index contributed by atoms with van der Waals surface area (Å²) in [6.07, 6.45) is -1.42. The van der Waals surface area contributed by atoms with Crippen LogP contribution in [0.3, 0.4) is 0 Å². The molecular weight excluding hydrogens is 434 g/mol. The Labute approximate surface area is 190 Å². The zero-order valence-electron chi connectivity index (χ0n) is 19.3. The number of amides is 1. The molecular formula is C21H29N5O7. The molecule has 1 aliphatic rings. The predicted octanol–water partition coefficient (Wildman–Crippen LogP) is 1.13. The van der Waals surface area contributed by atoms with E-state index in [2.05, 4.69) is 34.1 Å². The lowest BCUT2D eigenvalue weighted by Crippen LogP contribution is -2.40. The molecule has 0 aromatic carbocycles. The Morgan fingerprint density at radius 2 is 1.82 bits per heavy atom. The number of aliphatic hydroxyl groups is 1. The summed E-state index contributed by atoms with van der Waals surface area (Å²) in [6, 6.07) is 0. The van der Waals surface area contributed by atoms with Crippen LogP contribution in [0, 0.1) is 5.92 Å². The van der Waals surface area contributed by atoms with Gasteiger partial charge in [-0.25, -0.2) is 15.0 Å². The highest BCUT2D eigenvalue weighted by atomic mass is 16.6. The quantitative estimate of drug-likeness (QED) is 0.544. The van der Waals surface area contributed by atoms with Crippen LogP contribution in [0.15, 0.2) is 6.33 Å². The first-order chi connectivity index (χ1) is 15.6. The Hall–Kier alpha value is -3.12. The van der Waals surface area contributed by atoms with Crippen LogP contribution in [0.1, 0.15) is 53.1 Å². The molecule has 2 N–H and O–H groups in total. The van der Waals surface area contributed by atoms with E-state index in [9.17, 15) is 19.5 Å². The van der Waals surface area contributed by atoms with Gasteiger partial charge in [0.1, 0.15) is 18.3 Å². The summed E-state index contributed by atoms with van der Waals surface area (Å²) >= 11 is 0. The maximum Gasteiger partial charge on any atom is 0.303 e. The lowest BCUT2D eigenvalue weighted by molar-refractivity contribution is -0.165. The third kappa shape index (κ3) is 5.45. The highest BCUT2D eigenvalue weighted by Gasteiger charge is 2.51. The summed E-state index contributed by atoms with van der Waals surface area (Å²) in [4.78, 5) is 48.4. The minimum atomic E-state index is -1.06. The van der Waals surface area contributed by atoms with Gasteiger partial charge in [-0.3, -0.25) is 19.0 Å². The third-order valence-electron chi connectivity index (χ3n) is 5.11. The van der Waals surface area contributed by atoms with E-state index in [0.717, 1.165) is 6.42 Å². The molecule has 1 saturated heterocycles. The van der Waals surface area contributed by atoms with E-state index in [1.807, 2.05) is 0 Å². The molecule has 2 aromatic rings. The molecule has 180 valence electrons. The topological polar surface area (TPSA) is 155 Å². The van der Waals surface area contributed by atoms with E-state index < -0.39 is 43.1 Å².